The molecule has 0 spiro atoms. The van der Waals surface area contributed by atoms with E-state index in [9.17, 15) is 15.3 Å². The van der Waals surface area contributed by atoms with Crippen molar-refractivity contribution in [1.29, 1.82) is 0 Å². The monoisotopic (exact) mass is 245 g/mol. The molecule has 17 heavy (non-hydrogen) atoms. The Morgan fingerprint density at radius 3 is 2.65 bits per heavy atom. The second kappa shape index (κ2) is 5.63. The molecule has 5 nitrogen and oxygen atoms in total. The molecule has 2 aliphatic rings. The average molecular weight is 245 g/mol. The van der Waals surface area contributed by atoms with Crippen LogP contribution in [0.15, 0.2) is 0 Å². The summed E-state index contributed by atoms with van der Waals surface area (Å²) in [5.41, 5.74) is 0. The Kier molecular flexibility index (Phi) is 4.38. The number of nitrogens with one attached hydrogen (secondary N) is 1. The number of hydrogen-bond donors (Lipinski definition) is 4. The molecule has 0 aromatic heterocycles. The minimum atomic E-state index is -1.26. The molecule has 0 bridgehead atoms. The van der Waals surface area contributed by atoms with E-state index in [0.717, 1.165) is 32.1 Å². The number of aliphatic hydroxyl groups is 3. The molecule has 6 unspecified atom stereocenters. The number of piperidine rings is 1. The maximum Gasteiger partial charge on any atom is 0.183 e. The van der Waals surface area contributed by atoms with Gasteiger partial charge in [-0.3, -0.25) is 0 Å². The Hall–Kier alpha value is -0.200. The van der Waals surface area contributed by atoms with Gasteiger partial charge in [-0.2, -0.15) is 0 Å². The van der Waals surface area contributed by atoms with E-state index in [4.69, 9.17) is 4.74 Å². The van der Waals surface area contributed by atoms with Crippen molar-refractivity contribution in [2.75, 3.05) is 0 Å². The fourth-order valence-electron chi connectivity index (χ4n) is 2.80. The van der Waals surface area contributed by atoms with E-state index in [2.05, 4.69) is 12.2 Å². The summed E-state index contributed by atoms with van der Waals surface area (Å²) in [5.74, 6) is 0. The Morgan fingerprint density at radius 2 is 1.94 bits per heavy atom. The maximum absolute atomic E-state index is 9.93. The molecule has 2 heterocycles. The van der Waals surface area contributed by atoms with E-state index in [0.29, 0.717) is 6.04 Å². The zero-order chi connectivity index (χ0) is 12.4. The molecule has 0 aromatic rings. The maximum atomic E-state index is 9.93. The number of unbranched alkanes of at least 4 members (excludes halogenated alkanes) is 1. The van der Waals surface area contributed by atoms with Crippen LogP contribution < -0.4 is 5.32 Å². The van der Waals surface area contributed by atoms with Gasteiger partial charge in [-0.15, -0.1) is 0 Å². The summed E-state index contributed by atoms with van der Waals surface area (Å²) in [7, 11) is 0. The van der Waals surface area contributed by atoms with Crippen LogP contribution in [0.5, 0.6) is 0 Å². The lowest BCUT2D eigenvalue weighted by molar-refractivity contribution is -0.263. The molecule has 0 radical (unpaired) electrons. The predicted molar refractivity (Wildman–Crippen MR) is 62.4 cm³/mol. The summed E-state index contributed by atoms with van der Waals surface area (Å²) in [6.07, 6.45) is 1.61. The lowest BCUT2D eigenvalue weighted by atomic mass is 9.86. The number of aliphatic hydroxyl groups excluding tert-OH is 3. The molecule has 5 heteroatoms. The van der Waals surface area contributed by atoms with E-state index in [1.165, 1.54) is 0 Å². The van der Waals surface area contributed by atoms with E-state index in [1.807, 2.05) is 0 Å². The van der Waals surface area contributed by atoms with Crippen molar-refractivity contribution in [3.05, 3.63) is 0 Å². The summed E-state index contributed by atoms with van der Waals surface area (Å²) in [6.45, 7) is 2.16. The van der Waals surface area contributed by atoms with Gasteiger partial charge in [0.1, 0.15) is 12.2 Å². The van der Waals surface area contributed by atoms with Gasteiger partial charge in [0.25, 0.3) is 0 Å². The second-order valence-electron chi connectivity index (χ2n) is 5.16. The molecule has 0 saturated carbocycles. The number of rotatable bonds is 3. The smallest absolute Gasteiger partial charge is 0.183 e. The van der Waals surface area contributed by atoms with Gasteiger partial charge >= 0.3 is 0 Å². The van der Waals surface area contributed by atoms with E-state index in [-0.39, 0.29) is 12.1 Å². The van der Waals surface area contributed by atoms with Crippen LogP contribution in [-0.2, 0) is 4.74 Å². The van der Waals surface area contributed by atoms with Gasteiger partial charge in [-0.05, 0) is 19.3 Å². The zero-order valence-corrected chi connectivity index (χ0v) is 10.2. The normalized spacial score (nSPS) is 46.6. The van der Waals surface area contributed by atoms with Gasteiger partial charge in [-0.1, -0.05) is 19.8 Å². The van der Waals surface area contributed by atoms with Crippen LogP contribution in [0.2, 0.25) is 0 Å². The topological polar surface area (TPSA) is 82.0 Å². The van der Waals surface area contributed by atoms with E-state index < -0.39 is 18.5 Å². The largest absolute Gasteiger partial charge is 0.388 e. The highest BCUT2D eigenvalue weighted by Crippen LogP contribution is 2.28. The summed E-state index contributed by atoms with van der Waals surface area (Å²) in [4.78, 5) is 0. The molecule has 0 aromatic carbocycles. The van der Waals surface area contributed by atoms with Crippen LogP contribution in [0.1, 0.15) is 39.0 Å². The molecule has 2 fully saturated rings. The summed E-state index contributed by atoms with van der Waals surface area (Å²) >= 11 is 0. The van der Waals surface area contributed by atoms with Gasteiger partial charge < -0.3 is 25.4 Å². The third-order valence-corrected chi connectivity index (χ3v) is 3.86. The number of ether oxygens (including phenoxy) is 1. The van der Waals surface area contributed by atoms with E-state index in [1.54, 1.807) is 0 Å². The lowest BCUT2D eigenvalue weighted by Crippen LogP contribution is -2.66. The van der Waals surface area contributed by atoms with Crippen LogP contribution in [0.3, 0.4) is 0 Å². The molecular weight excluding hydrogens is 222 g/mol. The van der Waals surface area contributed by atoms with Crippen molar-refractivity contribution in [3.8, 4) is 0 Å². The van der Waals surface area contributed by atoms with Crippen LogP contribution in [0.4, 0.5) is 0 Å². The summed E-state index contributed by atoms with van der Waals surface area (Å²) < 4.78 is 5.31. The molecule has 0 amide bonds. The van der Waals surface area contributed by atoms with E-state index >= 15 is 0 Å². The molecule has 4 N–H and O–H groups in total. The van der Waals surface area contributed by atoms with Crippen molar-refractivity contribution in [2.24, 2.45) is 0 Å². The quantitative estimate of drug-likeness (QED) is 0.550. The predicted octanol–water partition coefficient (Wildman–Crippen LogP) is -0.264. The highest BCUT2D eigenvalue weighted by atomic mass is 16.6. The third-order valence-electron chi connectivity index (χ3n) is 3.86. The molecule has 2 saturated heterocycles. The average Bonchev–Trinajstić information content (AvgIpc) is 2.34. The SMILES string of the molecule is CCCCC1CCC2OC(O)C(O)C(O)C2N1. The fourth-order valence-corrected chi connectivity index (χ4v) is 2.80. The molecule has 100 valence electrons. The van der Waals surface area contributed by atoms with Gasteiger partial charge in [0.2, 0.25) is 0 Å². The van der Waals surface area contributed by atoms with Gasteiger partial charge in [0.15, 0.2) is 6.29 Å². The first kappa shape index (κ1) is 13.2. The highest BCUT2D eigenvalue weighted by molar-refractivity contribution is 4.98. The lowest BCUT2D eigenvalue weighted by Gasteiger charge is -2.46. The zero-order valence-electron chi connectivity index (χ0n) is 10.2. The number of hydrogen-bond acceptors (Lipinski definition) is 5. The third kappa shape index (κ3) is 2.80. The summed E-state index contributed by atoms with van der Waals surface area (Å²) in [6, 6.07) is 0.126. The van der Waals surface area contributed by atoms with Gasteiger partial charge in [0, 0.05) is 6.04 Å². The van der Waals surface area contributed by atoms with Crippen LogP contribution >= 0.6 is 0 Å². The Balaban J connectivity index is 1.93. The first-order chi connectivity index (χ1) is 8.13. The van der Waals surface area contributed by atoms with Crippen molar-refractivity contribution < 1.29 is 20.1 Å². The van der Waals surface area contributed by atoms with Gasteiger partial charge in [0.05, 0.1) is 12.1 Å². The van der Waals surface area contributed by atoms with Crippen molar-refractivity contribution >= 4 is 0 Å². The van der Waals surface area contributed by atoms with Crippen molar-refractivity contribution in [2.45, 2.75) is 75.7 Å². The molecule has 2 rings (SSSR count). The standard InChI is InChI=1S/C12H23NO4/c1-2-3-4-7-5-6-8-9(13-7)10(14)11(15)12(16)17-8/h7-16H,2-6H2,1H3. The first-order valence-corrected chi connectivity index (χ1v) is 6.59. The molecular formula is C12H23NO4. The van der Waals surface area contributed by atoms with Crippen LogP contribution in [0, 0.1) is 0 Å². The Labute approximate surface area is 102 Å². The van der Waals surface area contributed by atoms with Crippen molar-refractivity contribution in [3.63, 3.8) is 0 Å². The highest BCUT2D eigenvalue weighted by Gasteiger charge is 2.46. The minimum absolute atomic E-state index is 0.193. The minimum Gasteiger partial charge on any atom is -0.388 e. The van der Waals surface area contributed by atoms with Crippen LogP contribution in [0.25, 0.3) is 0 Å². The second-order valence-corrected chi connectivity index (χ2v) is 5.16. The van der Waals surface area contributed by atoms with Gasteiger partial charge in [-0.25, -0.2) is 0 Å². The fraction of sp³-hybridized carbons (Fsp3) is 1.00. The van der Waals surface area contributed by atoms with Crippen molar-refractivity contribution in [1.82, 2.24) is 5.32 Å². The summed E-state index contributed by atoms with van der Waals surface area (Å²) in [5, 5.41) is 32.3. The Morgan fingerprint density at radius 1 is 1.18 bits per heavy atom. The Bertz CT molecular complexity index is 249. The molecule has 0 aliphatic carbocycles. The number of fused-ring (bicyclic) bond motifs is 1. The van der Waals surface area contributed by atoms with Crippen LogP contribution in [-0.4, -0.2) is 52.0 Å². The first-order valence-electron chi connectivity index (χ1n) is 6.59. The molecule has 6 atom stereocenters. The molecule has 2 aliphatic heterocycles.